The third-order valence-electron chi connectivity index (χ3n) is 3.50. The van der Waals surface area contributed by atoms with Crippen molar-refractivity contribution in [3.63, 3.8) is 0 Å². The molecule has 1 fully saturated rings. The molecule has 1 unspecified atom stereocenters. The van der Waals surface area contributed by atoms with Gasteiger partial charge in [0.15, 0.2) is 0 Å². The summed E-state index contributed by atoms with van der Waals surface area (Å²) < 4.78 is 0. The minimum atomic E-state index is 0.100. The average molecular weight is 252 g/mol. The Morgan fingerprint density at radius 1 is 1.53 bits per heavy atom. The van der Waals surface area contributed by atoms with Gasteiger partial charge in [-0.15, -0.1) is 11.3 Å². The van der Waals surface area contributed by atoms with Crippen LogP contribution < -0.4 is 5.32 Å². The van der Waals surface area contributed by atoms with Gasteiger partial charge in [-0.1, -0.05) is 32.8 Å². The summed E-state index contributed by atoms with van der Waals surface area (Å²) in [6.07, 6.45) is 2.37. The van der Waals surface area contributed by atoms with E-state index in [0.717, 1.165) is 19.4 Å². The molecule has 17 heavy (non-hydrogen) atoms. The van der Waals surface area contributed by atoms with Crippen LogP contribution in [0.3, 0.4) is 0 Å². The lowest BCUT2D eigenvalue weighted by atomic mass is 10.0. The molecule has 0 aromatic carbocycles. The normalized spacial score (nSPS) is 20.5. The largest absolute Gasteiger partial charge is 0.321 e. The molecule has 1 aromatic heterocycles. The molecule has 1 aromatic rings. The van der Waals surface area contributed by atoms with Crippen molar-refractivity contribution in [2.45, 2.75) is 32.9 Å². The van der Waals surface area contributed by atoms with Gasteiger partial charge in [0.1, 0.15) is 6.17 Å². The minimum Gasteiger partial charge on any atom is -0.321 e. The number of amides is 1. The molecule has 0 saturated carbocycles. The smallest absolute Gasteiger partial charge is 0.238 e. The van der Waals surface area contributed by atoms with Crippen LogP contribution >= 0.6 is 11.3 Å². The Balaban J connectivity index is 2.09. The SMILES string of the molecule is CCC(CC)CN1C(=O)CNC1c1cccs1. The maximum atomic E-state index is 11.9. The second-order valence-electron chi connectivity index (χ2n) is 4.53. The first kappa shape index (κ1) is 12.6. The first-order valence-electron chi connectivity index (χ1n) is 6.32. The molecule has 1 saturated heterocycles. The first-order chi connectivity index (χ1) is 8.26. The number of carbonyl (C=O) groups excluding carboxylic acids is 1. The average Bonchev–Trinajstić information content (AvgIpc) is 2.96. The van der Waals surface area contributed by atoms with E-state index in [1.54, 1.807) is 11.3 Å². The summed E-state index contributed by atoms with van der Waals surface area (Å²) in [5.74, 6) is 0.844. The van der Waals surface area contributed by atoms with E-state index >= 15 is 0 Å². The number of thiophene rings is 1. The molecule has 1 N–H and O–H groups in total. The lowest BCUT2D eigenvalue weighted by Crippen LogP contribution is -2.34. The van der Waals surface area contributed by atoms with Crippen LogP contribution in [0, 0.1) is 5.92 Å². The molecule has 1 aliphatic heterocycles. The zero-order valence-corrected chi connectivity index (χ0v) is 11.3. The maximum Gasteiger partial charge on any atom is 0.238 e. The minimum absolute atomic E-state index is 0.100. The summed E-state index contributed by atoms with van der Waals surface area (Å²) in [4.78, 5) is 15.2. The molecule has 2 rings (SSSR count). The lowest BCUT2D eigenvalue weighted by molar-refractivity contribution is -0.128. The Kier molecular flexibility index (Phi) is 4.18. The number of hydrogen-bond donors (Lipinski definition) is 1. The lowest BCUT2D eigenvalue weighted by Gasteiger charge is -2.27. The molecule has 0 bridgehead atoms. The van der Waals surface area contributed by atoms with Gasteiger partial charge in [-0.05, 0) is 17.4 Å². The van der Waals surface area contributed by atoms with E-state index in [1.807, 2.05) is 11.0 Å². The molecule has 2 heterocycles. The molecule has 0 spiro atoms. The highest BCUT2D eigenvalue weighted by atomic mass is 32.1. The van der Waals surface area contributed by atoms with Crippen LogP contribution in [0.1, 0.15) is 37.7 Å². The third kappa shape index (κ3) is 2.69. The summed E-state index contributed by atoms with van der Waals surface area (Å²) in [7, 11) is 0. The first-order valence-corrected chi connectivity index (χ1v) is 7.20. The van der Waals surface area contributed by atoms with Crippen molar-refractivity contribution in [1.82, 2.24) is 10.2 Å². The fraction of sp³-hybridized carbons (Fsp3) is 0.615. The summed E-state index contributed by atoms with van der Waals surface area (Å²) in [6.45, 7) is 5.74. The highest BCUT2D eigenvalue weighted by Gasteiger charge is 2.32. The Morgan fingerprint density at radius 2 is 2.29 bits per heavy atom. The van der Waals surface area contributed by atoms with Crippen molar-refractivity contribution >= 4 is 17.2 Å². The predicted molar refractivity (Wildman–Crippen MR) is 70.8 cm³/mol. The van der Waals surface area contributed by atoms with E-state index in [2.05, 4.69) is 30.6 Å². The molecule has 1 amide bonds. The number of hydrogen-bond acceptors (Lipinski definition) is 3. The van der Waals surface area contributed by atoms with E-state index in [0.29, 0.717) is 12.5 Å². The van der Waals surface area contributed by atoms with E-state index < -0.39 is 0 Å². The second kappa shape index (κ2) is 5.65. The van der Waals surface area contributed by atoms with Gasteiger partial charge >= 0.3 is 0 Å². The van der Waals surface area contributed by atoms with Crippen molar-refractivity contribution in [2.24, 2.45) is 5.92 Å². The van der Waals surface area contributed by atoms with Crippen molar-refractivity contribution in [3.8, 4) is 0 Å². The van der Waals surface area contributed by atoms with Gasteiger partial charge in [0.25, 0.3) is 0 Å². The Hall–Kier alpha value is -0.870. The van der Waals surface area contributed by atoms with Crippen molar-refractivity contribution < 1.29 is 4.79 Å². The van der Waals surface area contributed by atoms with Gasteiger partial charge in [0.05, 0.1) is 6.54 Å². The molecule has 1 aliphatic rings. The van der Waals surface area contributed by atoms with Gasteiger partial charge in [-0.3, -0.25) is 10.1 Å². The zero-order chi connectivity index (χ0) is 12.3. The van der Waals surface area contributed by atoms with Crippen molar-refractivity contribution in [3.05, 3.63) is 22.4 Å². The van der Waals surface area contributed by atoms with E-state index in [-0.39, 0.29) is 12.1 Å². The molecule has 1 atom stereocenters. The summed E-state index contributed by atoms with van der Waals surface area (Å²) in [6, 6.07) is 4.14. The number of nitrogens with zero attached hydrogens (tertiary/aromatic N) is 1. The van der Waals surface area contributed by atoms with Gasteiger partial charge < -0.3 is 4.90 Å². The molecular formula is C13H20N2OS. The molecular weight excluding hydrogens is 232 g/mol. The Labute approximate surface area is 107 Å². The van der Waals surface area contributed by atoms with Crippen LogP contribution in [-0.4, -0.2) is 23.9 Å². The number of carbonyl (C=O) groups is 1. The fourth-order valence-electron chi connectivity index (χ4n) is 2.27. The highest BCUT2D eigenvalue weighted by molar-refractivity contribution is 7.10. The van der Waals surface area contributed by atoms with Crippen molar-refractivity contribution in [1.29, 1.82) is 0 Å². The zero-order valence-electron chi connectivity index (χ0n) is 10.5. The summed E-state index contributed by atoms with van der Waals surface area (Å²) in [5.41, 5.74) is 0. The number of rotatable bonds is 5. The maximum absolute atomic E-state index is 11.9. The number of nitrogens with one attached hydrogen (secondary N) is 1. The molecule has 4 heteroatoms. The van der Waals surface area contributed by atoms with E-state index in [1.165, 1.54) is 4.88 Å². The highest BCUT2D eigenvalue weighted by Crippen LogP contribution is 2.27. The van der Waals surface area contributed by atoms with Crippen LogP contribution in [-0.2, 0) is 4.79 Å². The fourth-order valence-corrected chi connectivity index (χ4v) is 3.08. The predicted octanol–water partition coefficient (Wildman–Crippen LogP) is 2.61. The third-order valence-corrected chi connectivity index (χ3v) is 4.43. The van der Waals surface area contributed by atoms with Crippen LogP contribution in [0.15, 0.2) is 17.5 Å². The summed E-state index contributed by atoms with van der Waals surface area (Å²) >= 11 is 1.71. The van der Waals surface area contributed by atoms with Gasteiger partial charge in [-0.25, -0.2) is 0 Å². The summed E-state index contributed by atoms with van der Waals surface area (Å²) in [5, 5.41) is 5.36. The quantitative estimate of drug-likeness (QED) is 0.873. The van der Waals surface area contributed by atoms with Crippen molar-refractivity contribution in [2.75, 3.05) is 13.1 Å². The molecule has 3 nitrogen and oxygen atoms in total. The van der Waals surface area contributed by atoms with Crippen LogP contribution in [0.4, 0.5) is 0 Å². The second-order valence-corrected chi connectivity index (χ2v) is 5.51. The van der Waals surface area contributed by atoms with Gasteiger partial charge in [0.2, 0.25) is 5.91 Å². The van der Waals surface area contributed by atoms with Crippen LogP contribution in [0.5, 0.6) is 0 Å². The standard InChI is InChI=1S/C13H20N2OS/c1-3-10(4-2)9-15-12(16)8-14-13(15)11-6-5-7-17-11/h5-7,10,13-14H,3-4,8-9H2,1-2H3. The van der Waals surface area contributed by atoms with Crippen LogP contribution in [0.25, 0.3) is 0 Å². The Bertz CT molecular complexity index is 360. The van der Waals surface area contributed by atoms with E-state index in [9.17, 15) is 4.79 Å². The van der Waals surface area contributed by atoms with Crippen LogP contribution in [0.2, 0.25) is 0 Å². The van der Waals surface area contributed by atoms with Gasteiger partial charge in [0, 0.05) is 11.4 Å². The monoisotopic (exact) mass is 252 g/mol. The van der Waals surface area contributed by atoms with E-state index in [4.69, 9.17) is 0 Å². The molecule has 0 radical (unpaired) electrons. The Morgan fingerprint density at radius 3 is 2.88 bits per heavy atom. The van der Waals surface area contributed by atoms with Gasteiger partial charge in [-0.2, -0.15) is 0 Å². The topological polar surface area (TPSA) is 32.3 Å². The molecule has 0 aliphatic carbocycles. The molecule has 94 valence electrons.